The van der Waals surface area contributed by atoms with Crippen LogP contribution in [0, 0.1) is 5.92 Å². The molecule has 1 atom stereocenters. The second-order valence-corrected chi connectivity index (χ2v) is 5.48. The number of likely N-dealkylation sites (tertiary alicyclic amines) is 1. The Morgan fingerprint density at radius 1 is 1.30 bits per heavy atom. The number of carboxylic acid groups (broad SMARTS) is 1. The summed E-state index contributed by atoms with van der Waals surface area (Å²) in [5.74, 6) is -0.722. The van der Waals surface area contributed by atoms with E-state index < -0.39 is 5.97 Å². The summed E-state index contributed by atoms with van der Waals surface area (Å²) in [6, 6.07) is 5.68. The molecule has 1 aromatic rings. The first-order chi connectivity index (χ1) is 9.63. The Hall–Kier alpha value is -1.88. The number of benzene rings is 1. The fourth-order valence-corrected chi connectivity index (χ4v) is 2.92. The van der Waals surface area contributed by atoms with Gasteiger partial charge in [0.05, 0.1) is 13.2 Å². The molecule has 0 aromatic heterocycles. The minimum absolute atomic E-state index is 0.00686. The average molecular weight is 275 g/mol. The van der Waals surface area contributed by atoms with Gasteiger partial charge in [-0.15, -0.1) is 0 Å². The second kappa shape index (κ2) is 5.25. The summed E-state index contributed by atoms with van der Waals surface area (Å²) in [5.41, 5.74) is 2.90. The molecule has 1 amide bonds. The molecule has 1 unspecified atom stereocenters. The Morgan fingerprint density at radius 3 is 2.90 bits per heavy atom. The summed E-state index contributed by atoms with van der Waals surface area (Å²) >= 11 is 0. The zero-order valence-electron chi connectivity index (χ0n) is 11.2. The number of rotatable bonds is 3. The molecule has 1 saturated heterocycles. The summed E-state index contributed by atoms with van der Waals surface area (Å²) in [5, 5.41) is 8.80. The molecule has 1 fully saturated rings. The monoisotopic (exact) mass is 275 g/mol. The highest BCUT2D eigenvalue weighted by Crippen LogP contribution is 2.24. The van der Waals surface area contributed by atoms with Gasteiger partial charge in [0.2, 0.25) is 0 Å². The Balaban J connectivity index is 1.69. The van der Waals surface area contributed by atoms with E-state index in [-0.39, 0.29) is 18.2 Å². The molecule has 5 heteroatoms. The largest absolute Gasteiger partial charge is 0.481 e. The lowest BCUT2D eigenvalue weighted by Gasteiger charge is -2.16. The number of hydrogen-bond acceptors (Lipinski definition) is 3. The van der Waals surface area contributed by atoms with Gasteiger partial charge in [0.1, 0.15) is 0 Å². The highest BCUT2D eigenvalue weighted by molar-refractivity contribution is 5.94. The van der Waals surface area contributed by atoms with Crippen molar-refractivity contribution < 1.29 is 19.4 Å². The first kappa shape index (κ1) is 13.1. The highest BCUT2D eigenvalue weighted by atomic mass is 16.5. The minimum atomic E-state index is -0.793. The Morgan fingerprint density at radius 2 is 2.10 bits per heavy atom. The molecule has 1 N–H and O–H groups in total. The van der Waals surface area contributed by atoms with Gasteiger partial charge in [-0.05, 0) is 35.6 Å². The molecular weight excluding hydrogens is 258 g/mol. The molecule has 0 spiro atoms. The van der Waals surface area contributed by atoms with Gasteiger partial charge in [0, 0.05) is 25.1 Å². The van der Waals surface area contributed by atoms with E-state index in [1.165, 1.54) is 0 Å². The number of aliphatic carboxylic acids is 1. The predicted octanol–water partition coefficient (Wildman–Crippen LogP) is 1.65. The molecule has 2 heterocycles. The molecule has 2 aliphatic heterocycles. The number of nitrogens with zero attached hydrogens (tertiary/aromatic N) is 1. The quantitative estimate of drug-likeness (QED) is 0.911. The predicted molar refractivity (Wildman–Crippen MR) is 71.2 cm³/mol. The van der Waals surface area contributed by atoms with Gasteiger partial charge in [-0.2, -0.15) is 0 Å². The summed E-state index contributed by atoms with van der Waals surface area (Å²) in [6.45, 7) is 2.37. The van der Waals surface area contributed by atoms with E-state index in [1.54, 1.807) is 4.90 Å². The molecular formula is C15H17NO4. The smallest absolute Gasteiger partial charge is 0.303 e. The van der Waals surface area contributed by atoms with Crippen LogP contribution in [0.3, 0.4) is 0 Å². The molecule has 2 aliphatic rings. The van der Waals surface area contributed by atoms with Gasteiger partial charge in [-0.3, -0.25) is 9.59 Å². The number of carbonyl (C=O) groups is 2. The van der Waals surface area contributed by atoms with Crippen LogP contribution < -0.4 is 0 Å². The normalized spacial score (nSPS) is 21.0. The van der Waals surface area contributed by atoms with E-state index in [0.717, 1.165) is 17.5 Å². The topological polar surface area (TPSA) is 66.8 Å². The van der Waals surface area contributed by atoms with E-state index in [1.807, 2.05) is 18.2 Å². The Labute approximate surface area is 117 Å². The van der Waals surface area contributed by atoms with Crippen molar-refractivity contribution in [2.24, 2.45) is 5.92 Å². The van der Waals surface area contributed by atoms with Crippen LogP contribution >= 0.6 is 0 Å². The van der Waals surface area contributed by atoms with Gasteiger partial charge in [-0.1, -0.05) is 6.07 Å². The lowest BCUT2D eigenvalue weighted by Crippen LogP contribution is -2.29. The van der Waals surface area contributed by atoms with E-state index in [0.29, 0.717) is 31.9 Å². The van der Waals surface area contributed by atoms with Crippen LogP contribution in [0.15, 0.2) is 18.2 Å². The average Bonchev–Trinajstić information content (AvgIpc) is 3.04. The van der Waals surface area contributed by atoms with Crippen molar-refractivity contribution in [1.82, 2.24) is 4.90 Å². The second-order valence-electron chi connectivity index (χ2n) is 5.48. The van der Waals surface area contributed by atoms with Gasteiger partial charge >= 0.3 is 5.97 Å². The Kier molecular flexibility index (Phi) is 3.44. The SMILES string of the molecule is O=C(O)CC1CCN(C(=O)c2ccc3c(c2)COC3)C1. The van der Waals surface area contributed by atoms with E-state index in [4.69, 9.17) is 9.84 Å². The molecule has 0 bridgehead atoms. The number of fused-ring (bicyclic) bond motifs is 1. The third kappa shape index (κ3) is 2.54. The van der Waals surface area contributed by atoms with E-state index in [9.17, 15) is 9.59 Å². The van der Waals surface area contributed by atoms with Crippen LogP contribution in [0.1, 0.15) is 34.3 Å². The molecule has 3 rings (SSSR count). The third-order valence-corrected chi connectivity index (χ3v) is 4.00. The van der Waals surface area contributed by atoms with Crippen LogP contribution in [0.4, 0.5) is 0 Å². The fourth-order valence-electron chi connectivity index (χ4n) is 2.92. The maximum Gasteiger partial charge on any atom is 0.303 e. The number of ether oxygens (including phenoxy) is 1. The maximum absolute atomic E-state index is 12.4. The highest BCUT2D eigenvalue weighted by Gasteiger charge is 2.28. The van der Waals surface area contributed by atoms with Gasteiger partial charge in [-0.25, -0.2) is 0 Å². The van der Waals surface area contributed by atoms with Crippen LogP contribution in [-0.2, 0) is 22.7 Å². The minimum Gasteiger partial charge on any atom is -0.481 e. The fraction of sp³-hybridized carbons (Fsp3) is 0.467. The van der Waals surface area contributed by atoms with Crippen LogP contribution in [0.25, 0.3) is 0 Å². The first-order valence-corrected chi connectivity index (χ1v) is 6.84. The lowest BCUT2D eigenvalue weighted by molar-refractivity contribution is -0.138. The Bertz CT molecular complexity index is 555. The molecule has 1 aromatic carbocycles. The van der Waals surface area contributed by atoms with Crippen LogP contribution in [-0.4, -0.2) is 35.0 Å². The standard InChI is InChI=1S/C15H17NO4/c17-14(18)5-10-3-4-16(7-10)15(19)11-1-2-12-8-20-9-13(12)6-11/h1-2,6,10H,3-5,7-9H2,(H,17,18). The molecule has 20 heavy (non-hydrogen) atoms. The molecule has 0 radical (unpaired) electrons. The summed E-state index contributed by atoms with van der Waals surface area (Å²) in [7, 11) is 0. The van der Waals surface area contributed by atoms with E-state index >= 15 is 0 Å². The third-order valence-electron chi connectivity index (χ3n) is 4.00. The first-order valence-electron chi connectivity index (χ1n) is 6.84. The van der Waals surface area contributed by atoms with E-state index in [2.05, 4.69) is 0 Å². The number of carboxylic acids is 1. The van der Waals surface area contributed by atoms with Crippen molar-refractivity contribution in [3.8, 4) is 0 Å². The van der Waals surface area contributed by atoms with Crippen molar-refractivity contribution in [3.05, 3.63) is 34.9 Å². The maximum atomic E-state index is 12.4. The summed E-state index contributed by atoms with van der Waals surface area (Å²) in [4.78, 5) is 24.9. The number of amides is 1. The van der Waals surface area contributed by atoms with Crippen molar-refractivity contribution in [2.45, 2.75) is 26.1 Å². The summed E-state index contributed by atoms with van der Waals surface area (Å²) in [6.07, 6.45) is 0.911. The summed E-state index contributed by atoms with van der Waals surface area (Å²) < 4.78 is 5.35. The van der Waals surface area contributed by atoms with Crippen molar-refractivity contribution in [3.63, 3.8) is 0 Å². The van der Waals surface area contributed by atoms with Gasteiger partial charge in [0.15, 0.2) is 0 Å². The molecule has 0 saturated carbocycles. The van der Waals surface area contributed by atoms with Crippen molar-refractivity contribution in [1.29, 1.82) is 0 Å². The lowest BCUT2D eigenvalue weighted by atomic mass is 10.0. The molecule has 0 aliphatic carbocycles. The van der Waals surface area contributed by atoms with Crippen molar-refractivity contribution >= 4 is 11.9 Å². The van der Waals surface area contributed by atoms with Gasteiger partial charge < -0.3 is 14.7 Å². The number of carbonyl (C=O) groups excluding carboxylic acids is 1. The molecule has 106 valence electrons. The number of hydrogen-bond donors (Lipinski definition) is 1. The van der Waals surface area contributed by atoms with Crippen LogP contribution in [0.2, 0.25) is 0 Å². The zero-order chi connectivity index (χ0) is 14.1. The molecule has 5 nitrogen and oxygen atoms in total. The van der Waals surface area contributed by atoms with Crippen molar-refractivity contribution in [2.75, 3.05) is 13.1 Å². The van der Waals surface area contributed by atoms with Gasteiger partial charge in [0.25, 0.3) is 5.91 Å². The zero-order valence-corrected chi connectivity index (χ0v) is 11.2. The van der Waals surface area contributed by atoms with Crippen LogP contribution in [0.5, 0.6) is 0 Å².